The van der Waals surface area contributed by atoms with Crippen molar-refractivity contribution in [3.63, 3.8) is 0 Å². The van der Waals surface area contributed by atoms with Gasteiger partial charge in [-0.2, -0.15) is 0 Å². The first kappa shape index (κ1) is 16.6. The Morgan fingerprint density at radius 1 is 1.38 bits per heavy atom. The molecule has 0 atom stereocenters. The zero-order valence-electron chi connectivity index (χ0n) is 12.4. The molecule has 1 aliphatic heterocycles. The molecule has 6 heteroatoms. The number of halogens is 2. The summed E-state index contributed by atoms with van der Waals surface area (Å²) in [4.78, 5) is 14.4. The number of rotatable bonds is 4. The smallest absolute Gasteiger partial charge is 0.225 e. The molecular weight excluding hydrogens is 309 g/mol. The summed E-state index contributed by atoms with van der Waals surface area (Å²) in [5.74, 6) is -0.0701. The molecule has 1 amide bonds. The summed E-state index contributed by atoms with van der Waals surface area (Å²) >= 11 is 12.1. The lowest BCUT2D eigenvalue weighted by molar-refractivity contribution is -0.116. The van der Waals surface area contributed by atoms with Crippen molar-refractivity contribution in [3.05, 3.63) is 28.2 Å². The van der Waals surface area contributed by atoms with Gasteiger partial charge in [0.15, 0.2) is 0 Å². The molecule has 1 aromatic carbocycles. The van der Waals surface area contributed by atoms with Crippen LogP contribution in [0.3, 0.4) is 0 Å². The van der Waals surface area contributed by atoms with Crippen LogP contribution in [0.1, 0.15) is 20.3 Å². The molecule has 1 aromatic rings. The molecule has 1 aliphatic rings. The lowest BCUT2D eigenvalue weighted by atomic mass is 10.00. The van der Waals surface area contributed by atoms with E-state index in [1.807, 2.05) is 0 Å². The van der Waals surface area contributed by atoms with Crippen LogP contribution in [-0.2, 0) is 4.79 Å². The average Bonchev–Trinajstić information content (AvgIpc) is 2.41. The van der Waals surface area contributed by atoms with Crippen molar-refractivity contribution in [2.45, 2.75) is 25.8 Å². The van der Waals surface area contributed by atoms with Gasteiger partial charge in [0, 0.05) is 38.1 Å². The topological polar surface area (TPSA) is 44.4 Å². The minimum Gasteiger partial charge on any atom is -0.324 e. The highest BCUT2D eigenvalue weighted by Crippen LogP contribution is 2.29. The van der Waals surface area contributed by atoms with Crippen LogP contribution in [0.15, 0.2) is 18.2 Å². The van der Waals surface area contributed by atoms with E-state index in [1.165, 1.54) is 0 Å². The third kappa shape index (κ3) is 4.33. The van der Waals surface area contributed by atoms with Crippen LogP contribution in [0.4, 0.5) is 5.69 Å². The van der Waals surface area contributed by atoms with E-state index in [1.54, 1.807) is 18.2 Å². The first-order valence-electron chi connectivity index (χ1n) is 7.10. The number of amides is 1. The highest BCUT2D eigenvalue weighted by atomic mass is 35.5. The predicted molar refractivity (Wildman–Crippen MR) is 88.2 cm³/mol. The molecule has 21 heavy (non-hydrogen) atoms. The Balaban J connectivity index is 1.90. The number of nitrogens with zero attached hydrogens (tertiary/aromatic N) is 1. The van der Waals surface area contributed by atoms with Gasteiger partial charge in [0.05, 0.1) is 15.7 Å². The first-order chi connectivity index (χ1) is 9.90. The maximum absolute atomic E-state index is 12.1. The van der Waals surface area contributed by atoms with Gasteiger partial charge in [0.1, 0.15) is 0 Å². The third-order valence-electron chi connectivity index (χ3n) is 3.81. The molecular formula is C15H21Cl2N3O. The number of carbonyl (C=O) groups is 1. The molecule has 0 radical (unpaired) electrons. The number of piperazine rings is 1. The Labute approximate surface area is 135 Å². The van der Waals surface area contributed by atoms with E-state index in [-0.39, 0.29) is 11.4 Å². The Morgan fingerprint density at radius 2 is 2.05 bits per heavy atom. The highest BCUT2D eigenvalue weighted by molar-refractivity contribution is 6.39. The molecule has 116 valence electrons. The van der Waals surface area contributed by atoms with Gasteiger partial charge in [-0.25, -0.2) is 0 Å². The van der Waals surface area contributed by atoms with Gasteiger partial charge in [-0.05, 0) is 26.0 Å². The summed E-state index contributed by atoms with van der Waals surface area (Å²) in [7, 11) is 0. The van der Waals surface area contributed by atoms with E-state index < -0.39 is 0 Å². The largest absolute Gasteiger partial charge is 0.324 e. The number of benzene rings is 1. The fourth-order valence-electron chi connectivity index (χ4n) is 2.49. The van der Waals surface area contributed by atoms with Crippen molar-refractivity contribution in [3.8, 4) is 0 Å². The highest BCUT2D eigenvalue weighted by Gasteiger charge is 2.29. The van der Waals surface area contributed by atoms with Crippen LogP contribution in [0.5, 0.6) is 0 Å². The van der Waals surface area contributed by atoms with E-state index in [0.29, 0.717) is 22.2 Å². The number of carbonyl (C=O) groups excluding carboxylic acids is 1. The summed E-state index contributed by atoms with van der Waals surface area (Å²) in [5.41, 5.74) is 0.561. The SMILES string of the molecule is CC1(C)CNCCN1CCC(=O)Nc1c(Cl)cccc1Cl. The van der Waals surface area contributed by atoms with Gasteiger partial charge in [-0.15, -0.1) is 0 Å². The normalized spacial score (nSPS) is 18.5. The Hall–Kier alpha value is -0.810. The van der Waals surface area contributed by atoms with E-state index in [0.717, 1.165) is 26.2 Å². The van der Waals surface area contributed by atoms with E-state index >= 15 is 0 Å². The first-order valence-corrected chi connectivity index (χ1v) is 7.85. The molecule has 0 unspecified atom stereocenters. The minimum atomic E-state index is -0.0701. The maximum atomic E-state index is 12.1. The molecule has 0 bridgehead atoms. The summed E-state index contributed by atoms with van der Waals surface area (Å²) in [6.07, 6.45) is 0.422. The standard InChI is InChI=1S/C15H21Cl2N3O/c1-15(2)10-18-7-9-20(15)8-6-13(21)19-14-11(16)4-3-5-12(14)17/h3-5,18H,6-10H2,1-2H3,(H,19,21). The van der Waals surface area contributed by atoms with Gasteiger partial charge in [-0.1, -0.05) is 29.3 Å². The quantitative estimate of drug-likeness (QED) is 0.892. The van der Waals surface area contributed by atoms with Crippen LogP contribution in [0, 0.1) is 0 Å². The van der Waals surface area contributed by atoms with E-state index in [4.69, 9.17) is 23.2 Å². The van der Waals surface area contributed by atoms with Crippen molar-refractivity contribution in [1.29, 1.82) is 0 Å². The monoisotopic (exact) mass is 329 g/mol. The summed E-state index contributed by atoms with van der Waals surface area (Å²) in [6, 6.07) is 5.18. The molecule has 0 aliphatic carbocycles. The minimum absolute atomic E-state index is 0.0700. The van der Waals surface area contributed by atoms with Gasteiger partial charge in [-0.3, -0.25) is 9.69 Å². The lowest BCUT2D eigenvalue weighted by Crippen LogP contribution is -2.58. The summed E-state index contributed by atoms with van der Waals surface area (Å²) < 4.78 is 0. The third-order valence-corrected chi connectivity index (χ3v) is 4.44. The average molecular weight is 330 g/mol. The molecule has 2 N–H and O–H groups in total. The van der Waals surface area contributed by atoms with Crippen LogP contribution in [0.25, 0.3) is 0 Å². The lowest BCUT2D eigenvalue weighted by Gasteiger charge is -2.42. The molecule has 1 fully saturated rings. The molecule has 4 nitrogen and oxygen atoms in total. The fraction of sp³-hybridized carbons (Fsp3) is 0.533. The summed E-state index contributed by atoms with van der Waals surface area (Å²) in [6.45, 7) is 7.94. The van der Waals surface area contributed by atoms with Crippen molar-refractivity contribution in [2.24, 2.45) is 0 Å². The second kappa shape index (κ2) is 6.97. The second-order valence-corrected chi connectivity index (χ2v) is 6.69. The summed E-state index contributed by atoms with van der Waals surface area (Å²) in [5, 5.41) is 7.08. The number of hydrogen-bond donors (Lipinski definition) is 2. The van der Waals surface area contributed by atoms with Crippen molar-refractivity contribution in [1.82, 2.24) is 10.2 Å². The Morgan fingerprint density at radius 3 is 2.67 bits per heavy atom. The van der Waals surface area contributed by atoms with Gasteiger partial charge in [0.2, 0.25) is 5.91 Å². The van der Waals surface area contributed by atoms with Crippen molar-refractivity contribution in [2.75, 3.05) is 31.5 Å². The predicted octanol–water partition coefficient (Wildman–Crippen LogP) is 3.01. The number of hydrogen-bond acceptors (Lipinski definition) is 3. The van der Waals surface area contributed by atoms with Crippen LogP contribution in [-0.4, -0.2) is 42.5 Å². The second-order valence-electron chi connectivity index (χ2n) is 5.87. The molecule has 0 spiro atoms. The van der Waals surface area contributed by atoms with Crippen LogP contribution >= 0.6 is 23.2 Å². The maximum Gasteiger partial charge on any atom is 0.225 e. The molecule has 0 saturated carbocycles. The zero-order valence-corrected chi connectivity index (χ0v) is 13.9. The molecule has 1 saturated heterocycles. The van der Waals surface area contributed by atoms with Crippen LogP contribution in [0.2, 0.25) is 10.0 Å². The number of para-hydroxylation sites is 1. The van der Waals surface area contributed by atoms with Crippen molar-refractivity contribution < 1.29 is 4.79 Å². The zero-order chi connectivity index (χ0) is 15.5. The van der Waals surface area contributed by atoms with Crippen LogP contribution < -0.4 is 10.6 Å². The Kier molecular flexibility index (Phi) is 5.49. The van der Waals surface area contributed by atoms with Gasteiger partial charge >= 0.3 is 0 Å². The molecule has 2 rings (SSSR count). The van der Waals surface area contributed by atoms with Gasteiger partial charge in [0.25, 0.3) is 0 Å². The Bertz CT molecular complexity index is 499. The molecule has 1 heterocycles. The van der Waals surface area contributed by atoms with E-state index in [2.05, 4.69) is 29.4 Å². The fourth-order valence-corrected chi connectivity index (χ4v) is 2.98. The van der Waals surface area contributed by atoms with Crippen molar-refractivity contribution >= 4 is 34.8 Å². The molecule has 0 aromatic heterocycles. The van der Waals surface area contributed by atoms with E-state index in [9.17, 15) is 4.79 Å². The number of anilines is 1. The van der Waals surface area contributed by atoms with Gasteiger partial charge < -0.3 is 10.6 Å². The number of nitrogens with one attached hydrogen (secondary N) is 2.